The molecule has 1 saturated heterocycles. The number of amides is 3. The number of urea groups is 1. The molecule has 1 aromatic heterocycles. The predicted molar refractivity (Wildman–Crippen MR) is 96.7 cm³/mol. The van der Waals surface area contributed by atoms with E-state index in [2.05, 4.69) is 16.8 Å². The van der Waals surface area contributed by atoms with E-state index in [0.29, 0.717) is 19.6 Å². The van der Waals surface area contributed by atoms with Gasteiger partial charge in [-0.25, -0.2) is 4.79 Å². The number of carbonyl (C=O) groups is 2. The second kappa shape index (κ2) is 8.06. The summed E-state index contributed by atoms with van der Waals surface area (Å²) in [7, 11) is 0. The second-order valence-electron chi connectivity index (χ2n) is 5.90. The van der Waals surface area contributed by atoms with Gasteiger partial charge in [-0.15, -0.1) is 11.8 Å². The SMILES string of the molecule is CCN(CCN1C(=O)[C@H](C)S[C@@H]1c1ccsc1)C(=O)NC(C)C. The fourth-order valence-corrected chi connectivity index (χ4v) is 4.61. The molecule has 3 amide bonds. The number of rotatable bonds is 6. The summed E-state index contributed by atoms with van der Waals surface area (Å²) >= 11 is 3.33. The Labute approximate surface area is 146 Å². The zero-order chi connectivity index (χ0) is 17.0. The molecule has 2 heterocycles. The Bertz CT molecular complexity index is 533. The fraction of sp³-hybridized carbons (Fsp3) is 0.625. The Morgan fingerprint density at radius 1 is 1.48 bits per heavy atom. The van der Waals surface area contributed by atoms with Crippen LogP contribution in [0, 0.1) is 0 Å². The van der Waals surface area contributed by atoms with Crippen LogP contribution in [-0.2, 0) is 4.79 Å². The van der Waals surface area contributed by atoms with E-state index < -0.39 is 0 Å². The molecule has 0 aromatic carbocycles. The molecule has 0 radical (unpaired) electrons. The molecule has 1 N–H and O–H groups in total. The maximum Gasteiger partial charge on any atom is 0.317 e. The van der Waals surface area contributed by atoms with Gasteiger partial charge in [0.25, 0.3) is 0 Å². The number of nitrogens with zero attached hydrogens (tertiary/aromatic N) is 2. The Morgan fingerprint density at radius 3 is 2.78 bits per heavy atom. The second-order valence-corrected chi connectivity index (χ2v) is 8.11. The molecule has 1 aliphatic rings. The monoisotopic (exact) mass is 355 g/mol. The maximum atomic E-state index is 12.4. The van der Waals surface area contributed by atoms with Crippen molar-refractivity contribution in [2.45, 2.75) is 44.4 Å². The van der Waals surface area contributed by atoms with Crippen molar-refractivity contribution in [1.29, 1.82) is 0 Å². The van der Waals surface area contributed by atoms with Crippen molar-refractivity contribution in [2.75, 3.05) is 19.6 Å². The van der Waals surface area contributed by atoms with E-state index in [9.17, 15) is 9.59 Å². The van der Waals surface area contributed by atoms with E-state index in [0.717, 1.165) is 0 Å². The highest BCUT2D eigenvalue weighted by Crippen LogP contribution is 2.43. The average molecular weight is 356 g/mol. The van der Waals surface area contributed by atoms with E-state index in [4.69, 9.17) is 0 Å². The lowest BCUT2D eigenvalue weighted by atomic mass is 10.3. The van der Waals surface area contributed by atoms with E-state index in [-0.39, 0.29) is 28.6 Å². The van der Waals surface area contributed by atoms with Gasteiger partial charge < -0.3 is 15.1 Å². The summed E-state index contributed by atoms with van der Waals surface area (Å²) < 4.78 is 0. The smallest absolute Gasteiger partial charge is 0.317 e. The molecule has 0 aliphatic carbocycles. The molecule has 2 rings (SSSR count). The van der Waals surface area contributed by atoms with Gasteiger partial charge in [-0.05, 0) is 50.1 Å². The molecular weight excluding hydrogens is 330 g/mol. The largest absolute Gasteiger partial charge is 0.336 e. The Hall–Kier alpha value is -1.21. The van der Waals surface area contributed by atoms with Crippen LogP contribution in [0.3, 0.4) is 0 Å². The zero-order valence-electron chi connectivity index (χ0n) is 14.1. The first-order valence-corrected chi connectivity index (χ1v) is 9.86. The van der Waals surface area contributed by atoms with Gasteiger partial charge in [0.2, 0.25) is 5.91 Å². The van der Waals surface area contributed by atoms with Gasteiger partial charge in [-0.3, -0.25) is 4.79 Å². The summed E-state index contributed by atoms with van der Waals surface area (Å²) in [5.74, 6) is 0.159. The third-order valence-corrected chi connectivity index (χ3v) is 5.86. The molecule has 7 heteroatoms. The van der Waals surface area contributed by atoms with E-state index in [1.165, 1.54) is 5.56 Å². The van der Waals surface area contributed by atoms with Gasteiger partial charge in [0.05, 0.1) is 5.25 Å². The number of hydrogen-bond acceptors (Lipinski definition) is 4. The number of nitrogens with one attached hydrogen (secondary N) is 1. The fourth-order valence-electron chi connectivity index (χ4n) is 2.55. The molecular formula is C16H25N3O2S2. The summed E-state index contributed by atoms with van der Waals surface area (Å²) in [5, 5.41) is 7.08. The summed E-state index contributed by atoms with van der Waals surface area (Å²) in [5.41, 5.74) is 1.17. The van der Waals surface area contributed by atoms with Crippen molar-refractivity contribution in [3.63, 3.8) is 0 Å². The first-order chi connectivity index (χ1) is 10.9. The minimum Gasteiger partial charge on any atom is -0.336 e. The van der Waals surface area contributed by atoms with Crippen LogP contribution in [0.1, 0.15) is 38.6 Å². The molecule has 0 spiro atoms. The molecule has 5 nitrogen and oxygen atoms in total. The molecule has 1 aromatic rings. The molecule has 1 aliphatic heterocycles. The summed E-state index contributed by atoms with van der Waals surface area (Å²) in [6.07, 6.45) is 0. The quantitative estimate of drug-likeness (QED) is 0.853. The van der Waals surface area contributed by atoms with Crippen LogP contribution in [0.2, 0.25) is 0 Å². The van der Waals surface area contributed by atoms with Crippen molar-refractivity contribution < 1.29 is 9.59 Å². The maximum absolute atomic E-state index is 12.4. The Kier molecular flexibility index (Phi) is 6.35. The third-order valence-electron chi connectivity index (χ3n) is 3.77. The molecule has 2 atom stereocenters. The molecule has 128 valence electrons. The van der Waals surface area contributed by atoms with Crippen molar-refractivity contribution in [3.05, 3.63) is 22.4 Å². The van der Waals surface area contributed by atoms with Gasteiger partial charge in [0, 0.05) is 25.7 Å². The molecule has 0 saturated carbocycles. The van der Waals surface area contributed by atoms with E-state index in [1.54, 1.807) is 28.0 Å². The molecule has 1 fully saturated rings. The van der Waals surface area contributed by atoms with Crippen LogP contribution >= 0.6 is 23.1 Å². The zero-order valence-corrected chi connectivity index (χ0v) is 15.7. The predicted octanol–water partition coefficient (Wildman–Crippen LogP) is 3.15. The molecule has 0 unspecified atom stereocenters. The van der Waals surface area contributed by atoms with Gasteiger partial charge in [-0.1, -0.05) is 0 Å². The van der Waals surface area contributed by atoms with E-state index in [1.807, 2.05) is 38.0 Å². The lowest BCUT2D eigenvalue weighted by Crippen LogP contribution is -2.46. The average Bonchev–Trinajstić information content (AvgIpc) is 3.10. The normalized spacial score (nSPS) is 21.1. The highest BCUT2D eigenvalue weighted by molar-refractivity contribution is 8.01. The number of carbonyl (C=O) groups excluding carboxylic acids is 2. The van der Waals surface area contributed by atoms with Crippen molar-refractivity contribution in [1.82, 2.24) is 15.1 Å². The van der Waals surface area contributed by atoms with Gasteiger partial charge in [0.15, 0.2) is 0 Å². The van der Waals surface area contributed by atoms with Gasteiger partial charge in [0.1, 0.15) is 5.37 Å². The number of thioether (sulfide) groups is 1. The topological polar surface area (TPSA) is 52.7 Å². The van der Waals surface area contributed by atoms with Crippen LogP contribution < -0.4 is 5.32 Å². The summed E-state index contributed by atoms with van der Waals surface area (Å²) in [6.45, 7) is 9.55. The minimum atomic E-state index is -0.0677. The van der Waals surface area contributed by atoms with Crippen LogP contribution in [-0.4, -0.2) is 52.7 Å². The number of likely N-dealkylation sites (N-methyl/N-ethyl adjacent to an activating group) is 1. The van der Waals surface area contributed by atoms with Gasteiger partial charge >= 0.3 is 6.03 Å². The molecule has 23 heavy (non-hydrogen) atoms. The highest BCUT2D eigenvalue weighted by atomic mass is 32.2. The van der Waals surface area contributed by atoms with Crippen LogP contribution in [0.5, 0.6) is 0 Å². The third kappa shape index (κ3) is 4.41. The molecule has 0 bridgehead atoms. The van der Waals surface area contributed by atoms with Crippen LogP contribution in [0.15, 0.2) is 16.8 Å². The lowest BCUT2D eigenvalue weighted by Gasteiger charge is -2.28. The summed E-state index contributed by atoms with van der Waals surface area (Å²) in [6, 6.07) is 2.12. The van der Waals surface area contributed by atoms with Crippen LogP contribution in [0.25, 0.3) is 0 Å². The van der Waals surface area contributed by atoms with Crippen molar-refractivity contribution >= 4 is 35.0 Å². The number of hydrogen-bond donors (Lipinski definition) is 1. The Morgan fingerprint density at radius 2 is 2.22 bits per heavy atom. The van der Waals surface area contributed by atoms with Crippen LogP contribution in [0.4, 0.5) is 4.79 Å². The number of thiophene rings is 1. The highest BCUT2D eigenvalue weighted by Gasteiger charge is 2.38. The first-order valence-electron chi connectivity index (χ1n) is 7.97. The Balaban J connectivity index is 2.01. The standard InChI is InChI=1S/C16H25N3O2S2/c1-5-18(16(21)17-11(2)3)7-8-19-14(20)12(4)23-15(19)13-6-9-22-10-13/h6,9-12,15H,5,7-8H2,1-4H3,(H,17,21)/t12-,15+/m0/s1. The first kappa shape index (κ1) is 18.1. The van der Waals surface area contributed by atoms with Gasteiger partial charge in [-0.2, -0.15) is 11.3 Å². The van der Waals surface area contributed by atoms with Crippen molar-refractivity contribution in [2.24, 2.45) is 0 Å². The lowest BCUT2D eigenvalue weighted by molar-refractivity contribution is -0.129. The van der Waals surface area contributed by atoms with E-state index >= 15 is 0 Å². The minimum absolute atomic E-state index is 0.0283. The summed E-state index contributed by atoms with van der Waals surface area (Å²) in [4.78, 5) is 28.3. The van der Waals surface area contributed by atoms with Crippen molar-refractivity contribution in [3.8, 4) is 0 Å².